The number of aryl methyl sites for hydroxylation is 1. The predicted octanol–water partition coefficient (Wildman–Crippen LogP) is 4.44. The Bertz CT molecular complexity index is 594. The number of hydrogen-bond donors (Lipinski definition) is 1. The van der Waals surface area contributed by atoms with E-state index < -0.39 is 0 Å². The average Bonchev–Trinajstić information content (AvgIpc) is 2.44. The summed E-state index contributed by atoms with van der Waals surface area (Å²) in [6.45, 7) is 5.40. The van der Waals surface area contributed by atoms with E-state index in [1.54, 1.807) is 31.2 Å². The number of nitrogens with one attached hydrogen (secondary N) is 1. The van der Waals surface area contributed by atoms with Gasteiger partial charge in [0.1, 0.15) is 11.6 Å². The third-order valence-corrected chi connectivity index (χ3v) is 3.27. The summed E-state index contributed by atoms with van der Waals surface area (Å²) < 4.78 is 27.5. The average molecular weight is 275 g/mol. The van der Waals surface area contributed by atoms with Crippen LogP contribution in [0.15, 0.2) is 36.4 Å². The van der Waals surface area contributed by atoms with Crippen molar-refractivity contribution < 1.29 is 8.78 Å². The monoisotopic (exact) mass is 275 g/mol. The molecule has 1 nitrogen and oxygen atoms in total. The van der Waals surface area contributed by atoms with Crippen molar-refractivity contribution in [2.45, 2.75) is 26.8 Å². The highest BCUT2D eigenvalue weighted by molar-refractivity contribution is 5.65. The molecule has 20 heavy (non-hydrogen) atoms. The molecule has 1 N–H and O–H groups in total. The number of benzene rings is 2. The molecule has 0 saturated carbocycles. The molecule has 0 aliphatic heterocycles. The van der Waals surface area contributed by atoms with E-state index in [1.807, 2.05) is 0 Å². The predicted molar refractivity (Wildman–Crippen MR) is 78.5 cm³/mol. The maximum absolute atomic E-state index is 13.9. The summed E-state index contributed by atoms with van der Waals surface area (Å²) in [5.41, 5.74) is 2.58. The van der Waals surface area contributed by atoms with Gasteiger partial charge in [0.05, 0.1) is 0 Å². The van der Waals surface area contributed by atoms with Crippen molar-refractivity contribution in [2.24, 2.45) is 0 Å². The third kappa shape index (κ3) is 3.42. The highest BCUT2D eigenvalue weighted by Gasteiger charge is 2.08. The van der Waals surface area contributed by atoms with Gasteiger partial charge in [0.2, 0.25) is 0 Å². The first kappa shape index (κ1) is 14.7. The van der Waals surface area contributed by atoms with Gasteiger partial charge in [-0.3, -0.25) is 0 Å². The van der Waals surface area contributed by atoms with E-state index >= 15 is 0 Å². The normalized spacial score (nSPS) is 10.8. The summed E-state index contributed by atoms with van der Waals surface area (Å²) in [5.74, 6) is -0.635. The fraction of sp³-hybridized carbons (Fsp3) is 0.294. The topological polar surface area (TPSA) is 12.0 Å². The van der Waals surface area contributed by atoms with Gasteiger partial charge in [0.15, 0.2) is 0 Å². The molecule has 0 aliphatic carbocycles. The van der Waals surface area contributed by atoms with Gasteiger partial charge < -0.3 is 5.32 Å². The standard InChI is InChI=1S/C17H19F2N/c1-3-8-20-11-13-5-7-16(18)15(9-13)14-6-4-12(2)17(19)10-14/h4-7,9-10,20H,3,8,11H2,1-2H3. The summed E-state index contributed by atoms with van der Waals surface area (Å²) in [6.07, 6.45) is 1.05. The van der Waals surface area contributed by atoms with Crippen molar-refractivity contribution in [2.75, 3.05) is 6.54 Å². The molecule has 0 aliphatic rings. The Morgan fingerprint density at radius 2 is 1.80 bits per heavy atom. The fourth-order valence-corrected chi connectivity index (χ4v) is 2.07. The third-order valence-electron chi connectivity index (χ3n) is 3.27. The Labute approximate surface area is 118 Å². The van der Waals surface area contributed by atoms with Gasteiger partial charge in [0, 0.05) is 12.1 Å². The van der Waals surface area contributed by atoms with Crippen molar-refractivity contribution in [3.05, 3.63) is 59.2 Å². The van der Waals surface area contributed by atoms with E-state index in [1.165, 1.54) is 12.1 Å². The van der Waals surface area contributed by atoms with Crippen molar-refractivity contribution in [3.8, 4) is 11.1 Å². The second-order valence-corrected chi connectivity index (χ2v) is 4.95. The maximum Gasteiger partial charge on any atom is 0.131 e. The van der Waals surface area contributed by atoms with Crippen molar-refractivity contribution in [1.82, 2.24) is 5.32 Å². The van der Waals surface area contributed by atoms with Crippen LogP contribution < -0.4 is 5.32 Å². The Kier molecular flexibility index (Phi) is 4.85. The number of hydrogen-bond acceptors (Lipinski definition) is 1. The fourth-order valence-electron chi connectivity index (χ4n) is 2.07. The van der Waals surface area contributed by atoms with Gasteiger partial charge in [-0.05, 0) is 54.8 Å². The minimum absolute atomic E-state index is 0.309. The summed E-state index contributed by atoms with van der Waals surface area (Å²) in [5, 5.41) is 3.27. The lowest BCUT2D eigenvalue weighted by Crippen LogP contribution is -2.13. The van der Waals surface area contributed by atoms with Crippen LogP contribution in [-0.4, -0.2) is 6.54 Å². The molecule has 0 atom stereocenters. The molecule has 0 fully saturated rings. The highest BCUT2D eigenvalue weighted by atomic mass is 19.1. The van der Waals surface area contributed by atoms with Crippen molar-refractivity contribution in [3.63, 3.8) is 0 Å². The molecule has 2 rings (SSSR count). The van der Waals surface area contributed by atoms with Crippen LogP contribution in [0.2, 0.25) is 0 Å². The molecule has 2 aromatic carbocycles. The zero-order valence-corrected chi connectivity index (χ0v) is 11.8. The van der Waals surface area contributed by atoms with Gasteiger partial charge in [-0.1, -0.05) is 25.1 Å². The molecule has 0 aromatic heterocycles. The molecule has 0 bridgehead atoms. The zero-order chi connectivity index (χ0) is 14.5. The molecule has 0 unspecified atom stereocenters. The number of rotatable bonds is 5. The molecule has 0 heterocycles. The quantitative estimate of drug-likeness (QED) is 0.795. The van der Waals surface area contributed by atoms with Gasteiger partial charge in [-0.2, -0.15) is 0 Å². The molecule has 0 spiro atoms. The molecule has 3 heteroatoms. The second-order valence-electron chi connectivity index (χ2n) is 4.95. The molecule has 0 amide bonds. The summed E-state index contributed by atoms with van der Waals surface area (Å²) in [4.78, 5) is 0. The Balaban J connectivity index is 2.29. The van der Waals surface area contributed by atoms with Gasteiger partial charge in [-0.15, -0.1) is 0 Å². The van der Waals surface area contributed by atoms with Crippen LogP contribution >= 0.6 is 0 Å². The highest BCUT2D eigenvalue weighted by Crippen LogP contribution is 2.25. The lowest BCUT2D eigenvalue weighted by molar-refractivity contribution is 0.616. The summed E-state index contributed by atoms with van der Waals surface area (Å²) >= 11 is 0. The van der Waals surface area contributed by atoms with Crippen LogP contribution in [0.1, 0.15) is 24.5 Å². The molecule has 0 saturated heterocycles. The second kappa shape index (κ2) is 6.62. The van der Waals surface area contributed by atoms with Crippen molar-refractivity contribution in [1.29, 1.82) is 0 Å². The van der Waals surface area contributed by atoms with E-state index in [0.29, 0.717) is 23.2 Å². The van der Waals surface area contributed by atoms with E-state index in [9.17, 15) is 8.78 Å². The van der Waals surface area contributed by atoms with Crippen LogP contribution in [-0.2, 0) is 6.54 Å². The first-order valence-corrected chi connectivity index (χ1v) is 6.87. The lowest BCUT2D eigenvalue weighted by Gasteiger charge is -2.09. The van der Waals surface area contributed by atoms with Crippen LogP contribution in [0.4, 0.5) is 8.78 Å². The van der Waals surface area contributed by atoms with Crippen LogP contribution in [0, 0.1) is 18.6 Å². The molecular weight excluding hydrogens is 256 g/mol. The Morgan fingerprint density at radius 1 is 1.00 bits per heavy atom. The summed E-state index contributed by atoms with van der Waals surface area (Å²) in [7, 11) is 0. The van der Waals surface area contributed by atoms with Crippen LogP contribution in [0.25, 0.3) is 11.1 Å². The van der Waals surface area contributed by atoms with E-state index in [0.717, 1.165) is 18.5 Å². The smallest absolute Gasteiger partial charge is 0.131 e. The Hall–Kier alpha value is -1.74. The minimum Gasteiger partial charge on any atom is -0.313 e. The van der Waals surface area contributed by atoms with E-state index in [2.05, 4.69) is 12.2 Å². The zero-order valence-electron chi connectivity index (χ0n) is 11.8. The molecule has 0 radical (unpaired) electrons. The van der Waals surface area contributed by atoms with Gasteiger partial charge >= 0.3 is 0 Å². The van der Waals surface area contributed by atoms with E-state index in [4.69, 9.17) is 0 Å². The van der Waals surface area contributed by atoms with E-state index in [-0.39, 0.29) is 11.6 Å². The van der Waals surface area contributed by atoms with Gasteiger partial charge in [-0.25, -0.2) is 8.78 Å². The minimum atomic E-state index is -0.326. The van der Waals surface area contributed by atoms with Crippen molar-refractivity contribution >= 4 is 0 Å². The SMILES string of the molecule is CCCNCc1ccc(F)c(-c2ccc(C)c(F)c2)c1. The largest absolute Gasteiger partial charge is 0.313 e. The number of halogens is 2. The Morgan fingerprint density at radius 3 is 2.50 bits per heavy atom. The molecular formula is C17H19F2N. The molecule has 106 valence electrons. The first-order chi connectivity index (χ1) is 9.61. The maximum atomic E-state index is 13.9. The van der Waals surface area contributed by atoms with Crippen LogP contribution in [0.3, 0.4) is 0 Å². The lowest BCUT2D eigenvalue weighted by atomic mass is 10.0. The van der Waals surface area contributed by atoms with Gasteiger partial charge in [0.25, 0.3) is 0 Å². The summed E-state index contributed by atoms with van der Waals surface area (Å²) in [6, 6.07) is 9.79. The van der Waals surface area contributed by atoms with Crippen LogP contribution in [0.5, 0.6) is 0 Å². The molecule has 2 aromatic rings. The first-order valence-electron chi connectivity index (χ1n) is 6.87.